The average Bonchev–Trinajstić information content (AvgIpc) is 2.56. The van der Waals surface area contributed by atoms with Gasteiger partial charge in [0.2, 0.25) is 0 Å². The molecule has 0 radical (unpaired) electrons. The molecular weight excluding hydrogens is 346 g/mol. The quantitative estimate of drug-likeness (QED) is 0.711. The Hall–Kier alpha value is -3.06. The highest BCUT2D eigenvalue weighted by molar-refractivity contribution is 6.33. The second-order valence-electron chi connectivity index (χ2n) is 5.08. The molecule has 2 aromatic carbocycles. The molecule has 1 unspecified atom stereocenters. The Morgan fingerprint density at radius 3 is 2.28 bits per heavy atom. The van der Waals surface area contributed by atoms with Crippen molar-refractivity contribution in [1.29, 1.82) is 0 Å². The first-order valence-corrected chi connectivity index (χ1v) is 7.67. The Labute approximate surface area is 149 Å². The minimum absolute atomic E-state index is 0.229. The number of hydrogen-bond acceptors (Lipinski definition) is 4. The highest BCUT2D eigenvalue weighted by atomic mass is 35.5. The number of ether oxygens (including phenoxy) is 1. The number of esters is 1. The van der Waals surface area contributed by atoms with E-state index in [4.69, 9.17) is 22.1 Å². The smallest absolute Gasteiger partial charge is 0.338 e. The van der Waals surface area contributed by atoms with E-state index in [9.17, 15) is 14.4 Å². The third-order valence-electron chi connectivity index (χ3n) is 3.17. The summed E-state index contributed by atoms with van der Waals surface area (Å²) in [4.78, 5) is 34.9. The molecule has 0 fully saturated rings. The third kappa shape index (κ3) is 5.22. The van der Waals surface area contributed by atoms with Gasteiger partial charge in [-0.2, -0.15) is 0 Å². The van der Waals surface area contributed by atoms with Crippen molar-refractivity contribution >= 4 is 40.9 Å². The predicted molar refractivity (Wildman–Crippen MR) is 94.6 cm³/mol. The number of carbonyl (C=O) groups is 3. The molecule has 0 bridgehead atoms. The van der Waals surface area contributed by atoms with Crippen LogP contribution >= 0.6 is 11.6 Å². The number of amides is 3. The normalized spacial score (nSPS) is 11.3. The lowest BCUT2D eigenvalue weighted by Crippen LogP contribution is -2.30. The molecule has 2 rings (SSSR count). The summed E-state index contributed by atoms with van der Waals surface area (Å²) in [6, 6.07) is 11.9. The molecule has 0 aliphatic rings. The number of benzene rings is 2. The van der Waals surface area contributed by atoms with Crippen LogP contribution in [0.3, 0.4) is 0 Å². The Balaban J connectivity index is 1.96. The zero-order valence-electron chi connectivity index (χ0n) is 13.3. The van der Waals surface area contributed by atoms with Crippen molar-refractivity contribution in [2.24, 2.45) is 5.73 Å². The fourth-order valence-corrected chi connectivity index (χ4v) is 2.09. The number of halogens is 1. The van der Waals surface area contributed by atoms with Crippen molar-refractivity contribution in [3.8, 4) is 0 Å². The molecule has 0 saturated heterocycles. The largest absolute Gasteiger partial charge is 0.449 e. The first-order chi connectivity index (χ1) is 11.9. The van der Waals surface area contributed by atoms with Gasteiger partial charge >= 0.3 is 12.0 Å². The molecule has 0 saturated carbocycles. The molecule has 7 nitrogen and oxygen atoms in total. The van der Waals surface area contributed by atoms with Crippen molar-refractivity contribution in [2.45, 2.75) is 13.0 Å². The lowest BCUT2D eigenvalue weighted by Gasteiger charge is -2.14. The fourth-order valence-electron chi connectivity index (χ4n) is 1.91. The van der Waals surface area contributed by atoms with E-state index in [1.807, 2.05) is 0 Å². The first-order valence-electron chi connectivity index (χ1n) is 7.29. The molecule has 8 heteroatoms. The van der Waals surface area contributed by atoms with Gasteiger partial charge in [-0.25, -0.2) is 9.59 Å². The minimum atomic E-state index is -1.02. The van der Waals surface area contributed by atoms with Crippen LogP contribution in [-0.2, 0) is 9.53 Å². The van der Waals surface area contributed by atoms with Gasteiger partial charge in [-0.05, 0) is 43.3 Å². The van der Waals surface area contributed by atoms with E-state index in [1.54, 1.807) is 24.3 Å². The number of carbonyl (C=O) groups excluding carboxylic acids is 3. The van der Waals surface area contributed by atoms with E-state index in [2.05, 4.69) is 10.6 Å². The van der Waals surface area contributed by atoms with E-state index >= 15 is 0 Å². The van der Waals surface area contributed by atoms with Crippen molar-refractivity contribution < 1.29 is 19.1 Å². The van der Waals surface area contributed by atoms with Crippen LogP contribution in [0.2, 0.25) is 5.02 Å². The summed E-state index contributed by atoms with van der Waals surface area (Å²) in [5.74, 6) is -1.18. The summed E-state index contributed by atoms with van der Waals surface area (Å²) in [6.07, 6.45) is -1.02. The van der Waals surface area contributed by atoms with Gasteiger partial charge in [0.15, 0.2) is 6.10 Å². The number of urea groups is 1. The van der Waals surface area contributed by atoms with Crippen LogP contribution in [0, 0.1) is 0 Å². The standard InChI is InChI=1S/C17H16ClN3O4/c1-10(15(22)21-14-5-3-2-4-13(14)18)25-16(23)11-6-8-12(9-7-11)20-17(19)24/h2-10H,1H3,(H,21,22)(H3,19,20,24). The van der Waals surface area contributed by atoms with Gasteiger partial charge in [0.05, 0.1) is 16.3 Å². The highest BCUT2D eigenvalue weighted by Gasteiger charge is 2.19. The summed E-state index contributed by atoms with van der Waals surface area (Å²) in [5.41, 5.74) is 6.10. The summed E-state index contributed by atoms with van der Waals surface area (Å²) in [7, 11) is 0. The molecule has 0 aliphatic heterocycles. The van der Waals surface area contributed by atoms with Gasteiger partial charge in [-0.15, -0.1) is 0 Å². The number of primary amides is 1. The monoisotopic (exact) mass is 361 g/mol. The Morgan fingerprint density at radius 2 is 1.68 bits per heavy atom. The Morgan fingerprint density at radius 1 is 1.04 bits per heavy atom. The van der Waals surface area contributed by atoms with Gasteiger partial charge in [-0.1, -0.05) is 23.7 Å². The van der Waals surface area contributed by atoms with Gasteiger partial charge < -0.3 is 21.1 Å². The van der Waals surface area contributed by atoms with E-state index in [0.717, 1.165) is 0 Å². The summed E-state index contributed by atoms with van der Waals surface area (Å²) in [5, 5.41) is 5.34. The summed E-state index contributed by atoms with van der Waals surface area (Å²) >= 11 is 5.96. The number of rotatable bonds is 5. The lowest BCUT2D eigenvalue weighted by molar-refractivity contribution is -0.123. The Bertz CT molecular complexity index is 793. The topological polar surface area (TPSA) is 111 Å². The van der Waals surface area contributed by atoms with Gasteiger partial charge in [0, 0.05) is 5.69 Å². The van der Waals surface area contributed by atoms with Crippen LogP contribution < -0.4 is 16.4 Å². The maximum Gasteiger partial charge on any atom is 0.338 e. The molecule has 0 spiro atoms. The number of nitrogens with one attached hydrogen (secondary N) is 2. The Kier molecular flexibility index (Phi) is 5.97. The first kappa shape index (κ1) is 18.3. The molecular formula is C17H16ClN3O4. The van der Waals surface area contributed by atoms with Crippen LogP contribution in [0.5, 0.6) is 0 Å². The van der Waals surface area contributed by atoms with Crippen molar-refractivity contribution in [2.75, 3.05) is 10.6 Å². The van der Waals surface area contributed by atoms with Crippen LogP contribution in [0.4, 0.5) is 16.2 Å². The van der Waals surface area contributed by atoms with Crippen molar-refractivity contribution in [3.05, 3.63) is 59.1 Å². The lowest BCUT2D eigenvalue weighted by atomic mass is 10.2. The number of para-hydroxylation sites is 1. The molecule has 1 atom stereocenters. The second-order valence-corrected chi connectivity index (χ2v) is 5.49. The number of hydrogen-bond donors (Lipinski definition) is 3. The van der Waals surface area contributed by atoms with Crippen LogP contribution in [0.25, 0.3) is 0 Å². The van der Waals surface area contributed by atoms with Gasteiger partial charge in [0.25, 0.3) is 5.91 Å². The van der Waals surface area contributed by atoms with Crippen LogP contribution in [0.1, 0.15) is 17.3 Å². The molecule has 130 valence electrons. The van der Waals surface area contributed by atoms with Gasteiger partial charge in [-0.3, -0.25) is 4.79 Å². The predicted octanol–water partition coefficient (Wildman–Crippen LogP) is 3.01. The van der Waals surface area contributed by atoms with Crippen molar-refractivity contribution in [3.63, 3.8) is 0 Å². The summed E-state index contributed by atoms with van der Waals surface area (Å²) < 4.78 is 5.13. The zero-order valence-corrected chi connectivity index (χ0v) is 14.0. The third-order valence-corrected chi connectivity index (χ3v) is 3.50. The minimum Gasteiger partial charge on any atom is -0.449 e. The van der Waals surface area contributed by atoms with E-state index in [0.29, 0.717) is 16.4 Å². The maximum atomic E-state index is 12.1. The second kappa shape index (κ2) is 8.16. The molecule has 0 aromatic heterocycles. The molecule has 3 amide bonds. The van der Waals surface area contributed by atoms with E-state index < -0.39 is 24.0 Å². The van der Waals surface area contributed by atoms with Crippen LogP contribution in [-0.4, -0.2) is 24.0 Å². The molecule has 0 heterocycles. The molecule has 4 N–H and O–H groups in total. The van der Waals surface area contributed by atoms with E-state index in [1.165, 1.54) is 31.2 Å². The van der Waals surface area contributed by atoms with Crippen molar-refractivity contribution in [1.82, 2.24) is 0 Å². The highest BCUT2D eigenvalue weighted by Crippen LogP contribution is 2.21. The number of nitrogens with two attached hydrogens (primary N) is 1. The van der Waals surface area contributed by atoms with E-state index in [-0.39, 0.29) is 5.56 Å². The number of anilines is 2. The average molecular weight is 362 g/mol. The summed E-state index contributed by atoms with van der Waals surface area (Å²) in [6.45, 7) is 1.45. The maximum absolute atomic E-state index is 12.1. The molecule has 25 heavy (non-hydrogen) atoms. The van der Waals surface area contributed by atoms with Gasteiger partial charge in [0.1, 0.15) is 0 Å². The zero-order chi connectivity index (χ0) is 18.4. The molecule has 2 aromatic rings. The fraction of sp³-hybridized carbons (Fsp3) is 0.118. The SMILES string of the molecule is CC(OC(=O)c1ccc(NC(N)=O)cc1)C(=O)Nc1ccccc1Cl. The van der Waals surface area contributed by atoms with Crippen LogP contribution in [0.15, 0.2) is 48.5 Å². The molecule has 0 aliphatic carbocycles.